The number of hydrazone groups is 1. The molecule has 0 aliphatic rings. The largest absolute Gasteiger partial charge is 0.497 e. The van der Waals surface area contributed by atoms with E-state index < -0.39 is 22.0 Å². The van der Waals surface area contributed by atoms with Gasteiger partial charge in [0, 0.05) is 6.54 Å². The van der Waals surface area contributed by atoms with Gasteiger partial charge in [-0.05, 0) is 73.0 Å². The molecule has 0 unspecified atom stereocenters. The summed E-state index contributed by atoms with van der Waals surface area (Å²) in [4.78, 5) is 24.7. The van der Waals surface area contributed by atoms with Gasteiger partial charge in [-0.3, -0.25) is 13.9 Å². The Hall–Kier alpha value is -4.38. The van der Waals surface area contributed by atoms with E-state index in [-0.39, 0.29) is 12.5 Å². The standard InChI is InChI=1S/C28H32N4O6S/c1-21(32(39(3,35)36)24-11-15-25(37-2)16-12-24)28(34)31-30-19-23-9-13-26(14-10-23)38-20-27(33)29-18-17-22-7-5-4-6-8-22/h4-16,19,21H,17-18,20H2,1-3H3,(H,29,33)(H,31,34)/b30-19-/t21-/m0/s1. The molecule has 2 N–H and O–H groups in total. The second-order valence-electron chi connectivity index (χ2n) is 8.61. The smallest absolute Gasteiger partial charge is 0.263 e. The topological polar surface area (TPSA) is 126 Å². The highest BCUT2D eigenvalue weighted by Gasteiger charge is 2.29. The molecule has 206 valence electrons. The summed E-state index contributed by atoms with van der Waals surface area (Å²) in [5, 5.41) is 6.76. The number of anilines is 1. The SMILES string of the molecule is COc1ccc(N([C@@H](C)C(=O)N/N=C\c2ccc(OCC(=O)NCCc3ccccc3)cc2)S(C)(=O)=O)cc1. The third kappa shape index (κ3) is 9.15. The van der Waals surface area contributed by atoms with Crippen molar-refractivity contribution in [2.45, 2.75) is 19.4 Å². The quantitative estimate of drug-likeness (QED) is 0.248. The van der Waals surface area contributed by atoms with Crippen LogP contribution < -0.4 is 24.5 Å². The minimum absolute atomic E-state index is 0.110. The van der Waals surface area contributed by atoms with Crippen LogP contribution in [0.2, 0.25) is 0 Å². The highest BCUT2D eigenvalue weighted by Crippen LogP contribution is 2.23. The lowest BCUT2D eigenvalue weighted by Gasteiger charge is -2.27. The Labute approximate surface area is 228 Å². The lowest BCUT2D eigenvalue weighted by Crippen LogP contribution is -2.46. The van der Waals surface area contributed by atoms with Gasteiger partial charge in [0.1, 0.15) is 17.5 Å². The zero-order valence-corrected chi connectivity index (χ0v) is 22.9. The molecule has 3 rings (SSSR count). The number of carbonyl (C=O) groups excluding carboxylic acids is 2. The van der Waals surface area contributed by atoms with Crippen LogP contribution in [0.25, 0.3) is 0 Å². The van der Waals surface area contributed by atoms with E-state index in [9.17, 15) is 18.0 Å². The van der Waals surface area contributed by atoms with Crippen LogP contribution in [0, 0.1) is 0 Å². The molecule has 0 aliphatic heterocycles. The van der Waals surface area contributed by atoms with Crippen molar-refractivity contribution in [2.75, 3.05) is 30.8 Å². The van der Waals surface area contributed by atoms with Gasteiger partial charge in [-0.15, -0.1) is 0 Å². The Morgan fingerprint density at radius 1 is 0.974 bits per heavy atom. The fraction of sp³-hybridized carbons (Fsp3) is 0.250. The van der Waals surface area contributed by atoms with E-state index in [1.165, 1.54) is 20.2 Å². The second kappa shape index (κ2) is 14.0. The first-order chi connectivity index (χ1) is 18.7. The minimum Gasteiger partial charge on any atom is -0.497 e. The number of benzene rings is 3. The number of hydrogen-bond acceptors (Lipinski definition) is 7. The first-order valence-corrected chi connectivity index (χ1v) is 14.0. The number of nitrogens with one attached hydrogen (secondary N) is 2. The summed E-state index contributed by atoms with van der Waals surface area (Å²) in [6.45, 7) is 1.88. The number of amides is 2. The average molecular weight is 553 g/mol. The number of sulfonamides is 1. The van der Waals surface area contributed by atoms with E-state index in [0.717, 1.165) is 22.5 Å². The van der Waals surface area contributed by atoms with Gasteiger partial charge >= 0.3 is 0 Å². The van der Waals surface area contributed by atoms with E-state index >= 15 is 0 Å². The van der Waals surface area contributed by atoms with Crippen LogP contribution in [0.3, 0.4) is 0 Å². The molecule has 0 saturated carbocycles. The molecule has 0 bridgehead atoms. The number of ether oxygens (including phenoxy) is 2. The van der Waals surface area contributed by atoms with Crippen molar-refractivity contribution in [3.63, 3.8) is 0 Å². The number of nitrogens with zero attached hydrogens (tertiary/aromatic N) is 2. The predicted molar refractivity (Wildman–Crippen MR) is 151 cm³/mol. The highest BCUT2D eigenvalue weighted by atomic mass is 32.2. The van der Waals surface area contributed by atoms with Gasteiger partial charge in [0.25, 0.3) is 11.8 Å². The Balaban J connectivity index is 1.48. The van der Waals surface area contributed by atoms with Crippen LogP contribution in [0.4, 0.5) is 5.69 Å². The second-order valence-corrected chi connectivity index (χ2v) is 10.5. The highest BCUT2D eigenvalue weighted by molar-refractivity contribution is 7.92. The van der Waals surface area contributed by atoms with E-state index in [1.54, 1.807) is 48.5 Å². The maximum atomic E-state index is 12.7. The normalized spacial score (nSPS) is 12.0. The van der Waals surface area contributed by atoms with Gasteiger partial charge < -0.3 is 14.8 Å². The van der Waals surface area contributed by atoms with Gasteiger partial charge in [-0.2, -0.15) is 5.10 Å². The van der Waals surface area contributed by atoms with Crippen molar-refractivity contribution in [3.05, 3.63) is 90.0 Å². The number of hydrogen-bond donors (Lipinski definition) is 2. The monoisotopic (exact) mass is 552 g/mol. The predicted octanol–water partition coefficient (Wildman–Crippen LogP) is 2.74. The van der Waals surface area contributed by atoms with Crippen LogP contribution >= 0.6 is 0 Å². The Bertz CT molecular complexity index is 1360. The van der Waals surface area contributed by atoms with Crippen molar-refractivity contribution in [2.24, 2.45) is 5.10 Å². The molecule has 39 heavy (non-hydrogen) atoms. The van der Waals surface area contributed by atoms with Crippen LogP contribution in [-0.4, -0.2) is 59.0 Å². The number of rotatable bonds is 13. The molecule has 1 atom stereocenters. The fourth-order valence-corrected chi connectivity index (χ4v) is 4.82. The summed E-state index contributed by atoms with van der Waals surface area (Å²) in [6, 6.07) is 21.9. The van der Waals surface area contributed by atoms with Crippen molar-refractivity contribution < 1.29 is 27.5 Å². The van der Waals surface area contributed by atoms with Gasteiger partial charge in [-0.1, -0.05) is 30.3 Å². The molecule has 10 nitrogen and oxygen atoms in total. The third-order valence-corrected chi connectivity index (χ3v) is 6.87. The van der Waals surface area contributed by atoms with Crippen LogP contribution in [0.15, 0.2) is 84.0 Å². The molecule has 0 radical (unpaired) electrons. The van der Waals surface area contributed by atoms with Crippen LogP contribution in [-0.2, 0) is 26.0 Å². The lowest BCUT2D eigenvalue weighted by atomic mass is 10.1. The fourth-order valence-electron chi connectivity index (χ4n) is 3.64. The molecule has 0 heterocycles. The maximum absolute atomic E-state index is 12.7. The van der Waals surface area contributed by atoms with Gasteiger partial charge in [0.15, 0.2) is 6.61 Å². The molecule has 0 aromatic heterocycles. The summed E-state index contributed by atoms with van der Waals surface area (Å²) in [5.74, 6) is 0.246. The Morgan fingerprint density at radius 3 is 2.23 bits per heavy atom. The molecule has 3 aromatic rings. The zero-order valence-electron chi connectivity index (χ0n) is 22.0. The maximum Gasteiger partial charge on any atom is 0.263 e. The molecule has 2 amide bonds. The van der Waals surface area contributed by atoms with E-state index in [2.05, 4.69) is 15.8 Å². The summed E-state index contributed by atoms with van der Waals surface area (Å²) < 4.78 is 36.4. The van der Waals surface area contributed by atoms with Crippen LogP contribution in [0.1, 0.15) is 18.1 Å². The summed E-state index contributed by atoms with van der Waals surface area (Å²) in [6.07, 6.45) is 3.19. The number of carbonyl (C=O) groups is 2. The summed E-state index contributed by atoms with van der Waals surface area (Å²) >= 11 is 0. The van der Waals surface area contributed by atoms with E-state index in [4.69, 9.17) is 9.47 Å². The van der Waals surface area contributed by atoms with Crippen molar-refractivity contribution in [1.29, 1.82) is 0 Å². The molecule has 0 aliphatic carbocycles. The van der Waals surface area contributed by atoms with E-state index in [1.807, 2.05) is 30.3 Å². The molecular weight excluding hydrogens is 520 g/mol. The zero-order chi connectivity index (χ0) is 28.3. The van der Waals surface area contributed by atoms with Crippen LogP contribution in [0.5, 0.6) is 11.5 Å². The molecule has 0 fully saturated rings. The minimum atomic E-state index is -3.76. The van der Waals surface area contributed by atoms with Crippen molar-refractivity contribution >= 4 is 33.7 Å². The molecule has 11 heteroatoms. The molecule has 3 aromatic carbocycles. The summed E-state index contributed by atoms with van der Waals surface area (Å²) in [7, 11) is -2.25. The number of methoxy groups -OCH3 is 1. The molecule has 0 saturated heterocycles. The average Bonchev–Trinajstić information content (AvgIpc) is 2.93. The molecule has 0 spiro atoms. The Kier molecular flexibility index (Phi) is 10.4. The Morgan fingerprint density at radius 2 is 1.62 bits per heavy atom. The third-order valence-electron chi connectivity index (χ3n) is 5.63. The van der Waals surface area contributed by atoms with Gasteiger partial charge in [0.2, 0.25) is 10.0 Å². The van der Waals surface area contributed by atoms with Gasteiger partial charge in [-0.25, -0.2) is 13.8 Å². The van der Waals surface area contributed by atoms with Crippen molar-refractivity contribution in [3.8, 4) is 11.5 Å². The lowest BCUT2D eigenvalue weighted by molar-refractivity contribution is -0.123. The summed E-state index contributed by atoms with van der Waals surface area (Å²) in [5.41, 5.74) is 4.51. The van der Waals surface area contributed by atoms with Gasteiger partial charge in [0.05, 0.1) is 25.3 Å². The first kappa shape index (κ1) is 29.2. The first-order valence-electron chi connectivity index (χ1n) is 12.2. The van der Waals surface area contributed by atoms with Crippen molar-refractivity contribution in [1.82, 2.24) is 10.7 Å². The molecular formula is C28H32N4O6S. The van der Waals surface area contributed by atoms with E-state index in [0.29, 0.717) is 29.3 Å².